The lowest BCUT2D eigenvalue weighted by molar-refractivity contribution is -0.137. The van der Waals surface area contributed by atoms with Crippen molar-refractivity contribution >= 4 is 5.91 Å². The van der Waals surface area contributed by atoms with Gasteiger partial charge in [0.2, 0.25) is 5.89 Å². The van der Waals surface area contributed by atoms with E-state index in [4.69, 9.17) is 4.42 Å². The van der Waals surface area contributed by atoms with Gasteiger partial charge < -0.3 is 9.73 Å². The number of alkyl halides is 3. The Morgan fingerprint density at radius 1 is 1.33 bits per heavy atom. The first-order valence-corrected chi connectivity index (χ1v) is 5.94. The van der Waals surface area contributed by atoms with Crippen LogP contribution in [0.25, 0.3) is 11.5 Å². The average molecular weight is 296 g/mol. The Labute approximate surface area is 118 Å². The molecule has 0 saturated carbocycles. The van der Waals surface area contributed by atoms with Crippen molar-refractivity contribution in [1.82, 2.24) is 10.3 Å². The normalized spacial score (nSPS) is 11.2. The molecule has 1 heterocycles. The van der Waals surface area contributed by atoms with Gasteiger partial charge in [-0.1, -0.05) is 6.08 Å². The predicted octanol–water partition coefficient (Wildman–Crippen LogP) is 3.28. The van der Waals surface area contributed by atoms with Gasteiger partial charge in [-0.3, -0.25) is 4.79 Å². The second-order valence-electron chi connectivity index (χ2n) is 4.11. The highest BCUT2D eigenvalue weighted by molar-refractivity contribution is 5.92. The van der Waals surface area contributed by atoms with E-state index in [1.54, 1.807) is 0 Å². The Balaban J connectivity index is 2.18. The molecule has 1 aromatic carbocycles. The molecule has 0 aliphatic carbocycles. The lowest BCUT2D eigenvalue weighted by Crippen LogP contribution is -2.23. The van der Waals surface area contributed by atoms with Gasteiger partial charge in [0.15, 0.2) is 5.69 Å². The summed E-state index contributed by atoms with van der Waals surface area (Å²) in [7, 11) is 0. The molecule has 1 amide bonds. The zero-order chi connectivity index (χ0) is 15.5. The maximum atomic E-state index is 12.5. The van der Waals surface area contributed by atoms with Gasteiger partial charge in [-0.2, -0.15) is 13.2 Å². The van der Waals surface area contributed by atoms with Crippen molar-refractivity contribution in [3.8, 4) is 11.5 Å². The molecule has 2 rings (SSSR count). The monoisotopic (exact) mass is 296 g/mol. The van der Waals surface area contributed by atoms with Crippen molar-refractivity contribution in [1.29, 1.82) is 0 Å². The summed E-state index contributed by atoms with van der Waals surface area (Å²) in [6.07, 6.45) is -1.75. The number of nitrogens with zero attached hydrogens (tertiary/aromatic N) is 1. The number of benzene rings is 1. The van der Waals surface area contributed by atoms with Crippen LogP contribution in [0.15, 0.2) is 47.6 Å². The van der Waals surface area contributed by atoms with E-state index in [1.807, 2.05) is 0 Å². The number of nitrogens with one attached hydrogen (secondary N) is 1. The third-order valence-electron chi connectivity index (χ3n) is 2.60. The highest BCUT2D eigenvalue weighted by Gasteiger charge is 2.30. The quantitative estimate of drug-likeness (QED) is 0.881. The van der Waals surface area contributed by atoms with E-state index < -0.39 is 17.6 Å². The summed E-state index contributed by atoms with van der Waals surface area (Å²) in [5.41, 5.74) is -0.362. The Bertz CT molecular complexity index is 645. The van der Waals surface area contributed by atoms with Crippen LogP contribution in [0.3, 0.4) is 0 Å². The first kappa shape index (κ1) is 14.8. The zero-order valence-corrected chi connectivity index (χ0v) is 10.8. The van der Waals surface area contributed by atoms with Crippen LogP contribution < -0.4 is 5.32 Å². The van der Waals surface area contributed by atoms with Crippen molar-refractivity contribution < 1.29 is 22.4 Å². The van der Waals surface area contributed by atoms with E-state index in [2.05, 4.69) is 16.9 Å². The van der Waals surface area contributed by atoms with Crippen LogP contribution in [0.1, 0.15) is 16.1 Å². The number of carbonyl (C=O) groups is 1. The third kappa shape index (κ3) is 3.50. The fourth-order valence-electron chi connectivity index (χ4n) is 1.57. The van der Waals surface area contributed by atoms with Crippen molar-refractivity contribution in [2.45, 2.75) is 6.18 Å². The van der Waals surface area contributed by atoms with Gasteiger partial charge in [0.1, 0.15) is 6.26 Å². The highest BCUT2D eigenvalue weighted by Crippen LogP contribution is 2.30. The molecule has 0 atom stereocenters. The van der Waals surface area contributed by atoms with Gasteiger partial charge >= 0.3 is 6.18 Å². The molecule has 2 aromatic rings. The molecule has 0 saturated heterocycles. The van der Waals surface area contributed by atoms with E-state index in [9.17, 15) is 18.0 Å². The number of hydrogen-bond acceptors (Lipinski definition) is 3. The van der Waals surface area contributed by atoms with Crippen LogP contribution in [-0.2, 0) is 6.18 Å². The number of oxazole rings is 1. The summed E-state index contributed by atoms with van der Waals surface area (Å²) < 4.78 is 42.4. The summed E-state index contributed by atoms with van der Waals surface area (Å²) in [6.45, 7) is 3.74. The maximum absolute atomic E-state index is 12.5. The summed E-state index contributed by atoms with van der Waals surface area (Å²) >= 11 is 0. The molecule has 4 nitrogen and oxygen atoms in total. The molecule has 0 aliphatic heterocycles. The number of hydrogen-bond donors (Lipinski definition) is 1. The minimum Gasteiger partial charge on any atom is -0.444 e. The second-order valence-corrected chi connectivity index (χ2v) is 4.11. The van der Waals surface area contributed by atoms with Gasteiger partial charge in [-0.05, 0) is 24.3 Å². The summed E-state index contributed by atoms with van der Waals surface area (Å²) in [6, 6.07) is 4.33. The zero-order valence-electron chi connectivity index (χ0n) is 10.8. The van der Waals surface area contributed by atoms with Crippen LogP contribution in [0.4, 0.5) is 13.2 Å². The van der Waals surface area contributed by atoms with Gasteiger partial charge in [0, 0.05) is 12.1 Å². The summed E-state index contributed by atoms with van der Waals surface area (Å²) in [4.78, 5) is 15.5. The van der Waals surface area contributed by atoms with Crippen molar-refractivity contribution in [2.24, 2.45) is 0 Å². The molecule has 0 bridgehead atoms. The molecule has 0 fully saturated rings. The smallest absolute Gasteiger partial charge is 0.416 e. The van der Waals surface area contributed by atoms with E-state index in [1.165, 1.54) is 18.2 Å². The predicted molar refractivity (Wildman–Crippen MR) is 69.5 cm³/mol. The van der Waals surface area contributed by atoms with E-state index in [-0.39, 0.29) is 18.1 Å². The van der Waals surface area contributed by atoms with Gasteiger partial charge in [0.05, 0.1) is 5.56 Å². The van der Waals surface area contributed by atoms with Crippen molar-refractivity contribution in [3.63, 3.8) is 0 Å². The Morgan fingerprint density at radius 2 is 2.00 bits per heavy atom. The topological polar surface area (TPSA) is 55.1 Å². The largest absolute Gasteiger partial charge is 0.444 e. The van der Waals surface area contributed by atoms with Crippen LogP contribution in [0, 0.1) is 0 Å². The first-order chi connectivity index (χ1) is 9.91. The van der Waals surface area contributed by atoms with Crippen LogP contribution >= 0.6 is 0 Å². The number of carbonyl (C=O) groups excluding carboxylic acids is 1. The van der Waals surface area contributed by atoms with E-state index in [0.29, 0.717) is 5.56 Å². The minimum absolute atomic E-state index is 0.0479. The van der Waals surface area contributed by atoms with E-state index >= 15 is 0 Å². The Morgan fingerprint density at radius 3 is 2.57 bits per heavy atom. The maximum Gasteiger partial charge on any atom is 0.416 e. The molecule has 7 heteroatoms. The molecular weight excluding hydrogens is 285 g/mol. The Hall–Kier alpha value is -2.57. The molecule has 0 spiro atoms. The number of halogens is 3. The molecule has 21 heavy (non-hydrogen) atoms. The molecule has 110 valence electrons. The lowest BCUT2D eigenvalue weighted by Gasteiger charge is -2.05. The number of aromatic nitrogens is 1. The fourth-order valence-corrected chi connectivity index (χ4v) is 1.57. The van der Waals surface area contributed by atoms with Crippen molar-refractivity contribution in [2.75, 3.05) is 6.54 Å². The Kier molecular flexibility index (Phi) is 4.11. The molecule has 1 N–H and O–H groups in total. The standard InChI is InChI=1S/C14H11F3N2O2/c1-2-7-18-12(20)11-8-21-13(19-11)9-3-5-10(6-4-9)14(15,16)17/h2-6,8H,1,7H2,(H,18,20). The number of amides is 1. The van der Waals surface area contributed by atoms with Gasteiger partial charge in [-0.25, -0.2) is 4.98 Å². The molecule has 0 aliphatic rings. The van der Waals surface area contributed by atoms with Crippen LogP contribution in [0.5, 0.6) is 0 Å². The molecule has 0 unspecified atom stereocenters. The summed E-state index contributed by atoms with van der Waals surface area (Å²) in [5.74, 6) is -0.371. The van der Waals surface area contributed by atoms with Crippen molar-refractivity contribution in [3.05, 3.63) is 54.4 Å². The SMILES string of the molecule is C=CCNC(=O)c1coc(-c2ccc(C(F)(F)F)cc2)n1. The highest BCUT2D eigenvalue weighted by atomic mass is 19.4. The average Bonchev–Trinajstić information content (AvgIpc) is 2.94. The van der Waals surface area contributed by atoms with Gasteiger partial charge in [-0.15, -0.1) is 6.58 Å². The van der Waals surface area contributed by atoms with E-state index in [0.717, 1.165) is 18.4 Å². The fraction of sp³-hybridized carbons (Fsp3) is 0.143. The van der Waals surface area contributed by atoms with Crippen LogP contribution in [0.2, 0.25) is 0 Å². The number of rotatable bonds is 4. The second kappa shape index (κ2) is 5.82. The molecular formula is C14H11F3N2O2. The lowest BCUT2D eigenvalue weighted by atomic mass is 10.1. The third-order valence-corrected chi connectivity index (χ3v) is 2.60. The molecule has 1 aromatic heterocycles. The first-order valence-electron chi connectivity index (χ1n) is 5.94. The minimum atomic E-state index is -4.40. The summed E-state index contributed by atoms with van der Waals surface area (Å²) in [5, 5.41) is 2.51. The molecule has 0 radical (unpaired) electrons. The van der Waals surface area contributed by atoms with Gasteiger partial charge in [0.25, 0.3) is 5.91 Å². The van der Waals surface area contributed by atoms with Crippen LogP contribution in [-0.4, -0.2) is 17.4 Å².